The van der Waals surface area contributed by atoms with Gasteiger partial charge in [-0.25, -0.2) is 4.39 Å². The minimum atomic E-state index is -0.166. The van der Waals surface area contributed by atoms with Crippen LogP contribution in [0.5, 0.6) is 0 Å². The number of halogens is 1. The van der Waals surface area contributed by atoms with E-state index in [-0.39, 0.29) is 5.82 Å². The molecule has 0 aliphatic carbocycles. The quantitative estimate of drug-likeness (QED) is 0.887. The van der Waals surface area contributed by atoms with Gasteiger partial charge in [-0.15, -0.1) is 0 Å². The van der Waals surface area contributed by atoms with Crippen molar-refractivity contribution in [2.75, 3.05) is 20.1 Å². The summed E-state index contributed by atoms with van der Waals surface area (Å²) in [4.78, 5) is 0. The fourth-order valence-electron chi connectivity index (χ4n) is 3.53. The Labute approximate surface area is 131 Å². The van der Waals surface area contributed by atoms with Crippen molar-refractivity contribution < 1.29 is 4.39 Å². The first-order valence-corrected chi connectivity index (χ1v) is 7.95. The van der Waals surface area contributed by atoms with Gasteiger partial charge in [-0.2, -0.15) is 0 Å². The van der Waals surface area contributed by atoms with Gasteiger partial charge in [-0.3, -0.25) is 0 Å². The zero-order valence-corrected chi connectivity index (χ0v) is 12.9. The van der Waals surface area contributed by atoms with Gasteiger partial charge in [0.05, 0.1) is 0 Å². The van der Waals surface area contributed by atoms with Crippen LogP contribution in [0.3, 0.4) is 0 Å². The molecule has 0 radical (unpaired) electrons. The Morgan fingerprint density at radius 2 is 1.82 bits per heavy atom. The normalized spacial score (nSPS) is 22.6. The lowest BCUT2D eigenvalue weighted by Gasteiger charge is -2.28. The molecule has 0 amide bonds. The van der Waals surface area contributed by atoms with Crippen LogP contribution < -0.4 is 10.6 Å². The molecule has 116 valence electrons. The van der Waals surface area contributed by atoms with Gasteiger partial charge in [0.15, 0.2) is 0 Å². The van der Waals surface area contributed by atoms with Crippen LogP contribution in [0.25, 0.3) is 0 Å². The molecule has 0 bridgehead atoms. The highest BCUT2D eigenvalue weighted by atomic mass is 19.1. The maximum Gasteiger partial charge on any atom is 0.123 e. The number of nitrogens with one attached hydrogen (secondary N) is 2. The van der Waals surface area contributed by atoms with Crippen molar-refractivity contribution in [3.8, 4) is 0 Å². The van der Waals surface area contributed by atoms with Crippen molar-refractivity contribution in [1.82, 2.24) is 10.6 Å². The molecule has 2 aromatic rings. The van der Waals surface area contributed by atoms with Crippen molar-refractivity contribution in [3.63, 3.8) is 0 Å². The summed E-state index contributed by atoms with van der Waals surface area (Å²) in [6, 6.07) is 18.0. The van der Waals surface area contributed by atoms with Crippen LogP contribution in [0, 0.1) is 11.7 Å². The Morgan fingerprint density at radius 3 is 2.50 bits per heavy atom. The lowest BCUT2D eigenvalue weighted by atomic mass is 9.81. The molecule has 0 aromatic heterocycles. The van der Waals surface area contributed by atoms with E-state index in [1.165, 1.54) is 11.1 Å². The van der Waals surface area contributed by atoms with Crippen molar-refractivity contribution in [2.24, 2.45) is 5.92 Å². The van der Waals surface area contributed by atoms with E-state index in [1.54, 1.807) is 12.1 Å². The Morgan fingerprint density at radius 1 is 1.09 bits per heavy atom. The molecular formula is C19H23FN2. The largest absolute Gasteiger partial charge is 0.316 e. The van der Waals surface area contributed by atoms with Crippen LogP contribution in [0.2, 0.25) is 0 Å². The fraction of sp³-hybridized carbons (Fsp3) is 0.368. The van der Waals surface area contributed by atoms with Gasteiger partial charge in [-0.05, 0) is 42.6 Å². The summed E-state index contributed by atoms with van der Waals surface area (Å²) in [6.45, 7) is 1.96. The highest BCUT2D eigenvalue weighted by Gasteiger charge is 2.33. The minimum absolute atomic E-state index is 0.166. The molecule has 2 N–H and O–H groups in total. The number of hydrogen-bond acceptors (Lipinski definition) is 2. The van der Waals surface area contributed by atoms with Crippen LogP contribution in [0.4, 0.5) is 4.39 Å². The topological polar surface area (TPSA) is 24.1 Å². The summed E-state index contributed by atoms with van der Waals surface area (Å²) in [5, 5.41) is 6.99. The molecule has 1 aliphatic heterocycles. The Hall–Kier alpha value is -1.71. The van der Waals surface area contributed by atoms with Crippen LogP contribution in [0.1, 0.15) is 17.0 Å². The summed E-state index contributed by atoms with van der Waals surface area (Å²) in [7, 11) is 2.04. The average Bonchev–Trinajstić information content (AvgIpc) is 3.04. The van der Waals surface area contributed by atoms with Gasteiger partial charge in [0.25, 0.3) is 0 Å². The summed E-state index contributed by atoms with van der Waals surface area (Å²) in [5.74, 6) is 0.776. The highest BCUT2D eigenvalue weighted by molar-refractivity contribution is 5.25. The summed E-state index contributed by atoms with van der Waals surface area (Å²) in [6.07, 6.45) is 1.02. The molecule has 1 heterocycles. The second-order valence-electron chi connectivity index (χ2n) is 6.07. The minimum Gasteiger partial charge on any atom is -0.316 e. The standard InChI is InChI=1S/C19H23FN2/c1-21-19(11-14-5-3-2-4-6-14)18-13-22-12-17(18)15-7-9-16(20)10-8-15/h2-10,17-19,21-22H,11-13H2,1H3. The van der Waals surface area contributed by atoms with Crippen molar-refractivity contribution in [2.45, 2.75) is 18.4 Å². The molecular weight excluding hydrogens is 275 g/mol. The predicted octanol–water partition coefficient (Wildman–Crippen LogP) is 2.96. The zero-order valence-electron chi connectivity index (χ0n) is 12.9. The first-order chi connectivity index (χ1) is 10.8. The molecule has 2 nitrogen and oxygen atoms in total. The second kappa shape index (κ2) is 7.03. The van der Waals surface area contributed by atoms with Crippen LogP contribution in [0.15, 0.2) is 54.6 Å². The molecule has 1 fully saturated rings. The first kappa shape index (κ1) is 15.2. The van der Waals surface area contributed by atoms with Crippen molar-refractivity contribution in [3.05, 3.63) is 71.5 Å². The van der Waals surface area contributed by atoms with Gasteiger partial charge < -0.3 is 10.6 Å². The van der Waals surface area contributed by atoms with E-state index in [0.29, 0.717) is 17.9 Å². The van der Waals surface area contributed by atoms with Crippen molar-refractivity contribution in [1.29, 1.82) is 0 Å². The number of likely N-dealkylation sites (N-methyl/N-ethyl adjacent to an activating group) is 1. The van der Waals surface area contributed by atoms with Gasteiger partial charge in [0.2, 0.25) is 0 Å². The molecule has 0 saturated carbocycles. The molecule has 1 aliphatic rings. The third-order valence-corrected chi connectivity index (χ3v) is 4.75. The number of hydrogen-bond donors (Lipinski definition) is 2. The van der Waals surface area contributed by atoms with Crippen molar-refractivity contribution >= 4 is 0 Å². The number of rotatable bonds is 5. The molecule has 1 saturated heterocycles. The summed E-state index contributed by atoms with van der Waals surface area (Å²) >= 11 is 0. The SMILES string of the molecule is CNC(Cc1ccccc1)C1CNCC1c1ccc(F)cc1. The Kier molecular flexibility index (Phi) is 4.86. The van der Waals surface area contributed by atoms with E-state index in [4.69, 9.17) is 0 Å². The average molecular weight is 298 g/mol. The molecule has 2 aromatic carbocycles. The van der Waals surface area contributed by atoms with E-state index in [9.17, 15) is 4.39 Å². The van der Waals surface area contributed by atoms with Crippen LogP contribution in [-0.2, 0) is 6.42 Å². The van der Waals surface area contributed by atoms with E-state index in [1.807, 2.05) is 19.2 Å². The van der Waals surface area contributed by atoms with E-state index < -0.39 is 0 Å². The maximum atomic E-state index is 13.2. The predicted molar refractivity (Wildman–Crippen MR) is 88.5 cm³/mol. The van der Waals surface area contributed by atoms with Crippen LogP contribution >= 0.6 is 0 Å². The lowest BCUT2D eigenvalue weighted by molar-refractivity contribution is 0.365. The van der Waals surface area contributed by atoms with E-state index >= 15 is 0 Å². The fourth-order valence-corrected chi connectivity index (χ4v) is 3.53. The Bertz CT molecular complexity index is 582. The molecule has 3 heteroatoms. The third-order valence-electron chi connectivity index (χ3n) is 4.75. The van der Waals surface area contributed by atoms with E-state index in [0.717, 1.165) is 19.5 Å². The summed E-state index contributed by atoms with van der Waals surface area (Å²) < 4.78 is 13.2. The third kappa shape index (κ3) is 3.37. The lowest BCUT2D eigenvalue weighted by Crippen LogP contribution is -2.39. The molecule has 3 atom stereocenters. The smallest absolute Gasteiger partial charge is 0.123 e. The van der Waals surface area contributed by atoms with Gasteiger partial charge in [0.1, 0.15) is 5.82 Å². The van der Waals surface area contributed by atoms with E-state index in [2.05, 4.69) is 41.0 Å². The monoisotopic (exact) mass is 298 g/mol. The first-order valence-electron chi connectivity index (χ1n) is 7.95. The molecule has 0 spiro atoms. The van der Waals surface area contributed by atoms with Gasteiger partial charge >= 0.3 is 0 Å². The van der Waals surface area contributed by atoms with Gasteiger partial charge in [-0.1, -0.05) is 42.5 Å². The number of benzene rings is 2. The molecule has 3 unspecified atom stereocenters. The highest BCUT2D eigenvalue weighted by Crippen LogP contribution is 2.31. The second-order valence-corrected chi connectivity index (χ2v) is 6.07. The maximum absolute atomic E-state index is 13.2. The zero-order chi connectivity index (χ0) is 15.4. The Balaban J connectivity index is 1.77. The van der Waals surface area contributed by atoms with Gasteiger partial charge in [0, 0.05) is 25.0 Å². The molecule has 22 heavy (non-hydrogen) atoms. The van der Waals surface area contributed by atoms with Crippen LogP contribution in [-0.4, -0.2) is 26.2 Å². The molecule has 3 rings (SSSR count). The summed E-state index contributed by atoms with van der Waals surface area (Å²) in [5.41, 5.74) is 2.58.